The van der Waals surface area contributed by atoms with E-state index in [4.69, 9.17) is 14.6 Å². The van der Waals surface area contributed by atoms with E-state index in [9.17, 15) is 13.5 Å². The van der Waals surface area contributed by atoms with E-state index in [2.05, 4.69) is 0 Å². The van der Waals surface area contributed by atoms with Crippen LogP contribution in [0.1, 0.15) is 43.7 Å². The monoisotopic (exact) mass is 491 g/mol. The lowest BCUT2D eigenvalue weighted by molar-refractivity contribution is 0.152. The Hall–Kier alpha value is -2.55. The van der Waals surface area contributed by atoms with Crippen molar-refractivity contribution >= 4 is 10.0 Å². The fourth-order valence-electron chi connectivity index (χ4n) is 3.63. The smallest absolute Gasteiger partial charge is 0.214 e. The summed E-state index contributed by atoms with van der Waals surface area (Å²) in [5, 5.41) is 18.6. The molecule has 0 saturated heterocycles. The van der Waals surface area contributed by atoms with Gasteiger partial charge < -0.3 is 19.7 Å². The highest BCUT2D eigenvalue weighted by Gasteiger charge is 2.23. The number of rotatable bonds is 15. The van der Waals surface area contributed by atoms with Crippen LogP contribution in [-0.2, 0) is 23.1 Å². The van der Waals surface area contributed by atoms with E-state index in [1.54, 1.807) is 14.2 Å². The first-order valence-electron chi connectivity index (χ1n) is 11.5. The molecule has 2 atom stereocenters. The van der Waals surface area contributed by atoms with Crippen LogP contribution in [-0.4, -0.2) is 49.0 Å². The van der Waals surface area contributed by atoms with Gasteiger partial charge in [0.05, 0.1) is 32.3 Å². The molecule has 0 radical (unpaired) electrons. The van der Waals surface area contributed by atoms with Gasteiger partial charge in [0.2, 0.25) is 10.0 Å². The highest BCUT2D eigenvalue weighted by atomic mass is 32.2. The van der Waals surface area contributed by atoms with Crippen LogP contribution in [0.4, 0.5) is 0 Å². The molecule has 0 fully saturated rings. The molecule has 0 aliphatic rings. The topological polar surface area (TPSA) is 96.3 Å². The molecule has 0 spiro atoms. The Balaban J connectivity index is 2.02. The summed E-state index contributed by atoms with van der Waals surface area (Å²) < 4.78 is 38.5. The molecule has 0 heterocycles. The van der Waals surface area contributed by atoms with Crippen molar-refractivity contribution < 1.29 is 28.1 Å². The van der Waals surface area contributed by atoms with Crippen LogP contribution in [0, 0.1) is 5.92 Å². The van der Waals surface area contributed by atoms with E-state index >= 15 is 0 Å². The van der Waals surface area contributed by atoms with Crippen LogP contribution >= 0.6 is 0 Å². The zero-order valence-electron chi connectivity index (χ0n) is 20.3. The number of ether oxygens (including phenoxy) is 2. The summed E-state index contributed by atoms with van der Waals surface area (Å²) in [5.41, 5.74) is 1.77. The quantitative estimate of drug-likeness (QED) is 0.278. The molecule has 7 nitrogen and oxygen atoms in total. The molecule has 1 unspecified atom stereocenters. The van der Waals surface area contributed by atoms with Crippen molar-refractivity contribution in [1.82, 2.24) is 4.31 Å². The van der Waals surface area contributed by atoms with Crippen molar-refractivity contribution in [2.24, 2.45) is 5.92 Å². The first-order valence-corrected chi connectivity index (χ1v) is 13.1. The predicted octanol–water partition coefficient (Wildman–Crippen LogP) is 4.66. The van der Waals surface area contributed by atoms with Crippen molar-refractivity contribution in [2.75, 3.05) is 20.0 Å². The maximum Gasteiger partial charge on any atom is 0.214 e. The number of unbranched alkanes of at least 4 members (excludes halogenated alkanes) is 2. The summed E-state index contributed by atoms with van der Waals surface area (Å²) in [5.74, 6) is 1.51. The van der Waals surface area contributed by atoms with E-state index < -0.39 is 16.1 Å². The molecule has 0 aliphatic heterocycles. The SMILES string of the molecule is COc1ccc(CN(Cc2ccc(OC)cc2)S(=O)(=O)CCCCC[C@H](C)C(O)C=CO)cc1. The van der Waals surface area contributed by atoms with Gasteiger partial charge in [-0.1, -0.05) is 44.0 Å². The number of nitrogens with zero attached hydrogens (tertiary/aromatic N) is 1. The van der Waals surface area contributed by atoms with Crippen molar-refractivity contribution in [2.45, 2.75) is 51.8 Å². The molecule has 8 heteroatoms. The van der Waals surface area contributed by atoms with Crippen LogP contribution in [0.15, 0.2) is 60.9 Å². The van der Waals surface area contributed by atoms with Crippen molar-refractivity contribution in [1.29, 1.82) is 0 Å². The maximum atomic E-state index is 13.3. The Bertz CT molecular complexity index is 924. The van der Waals surface area contributed by atoms with E-state index in [-0.39, 0.29) is 24.8 Å². The molecule has 34 heavy (non-hydrogen) atoms. The van der Waals surface area contributed by atoms with E-state index in [0.29, 0.717) is 6.42 Å². The molecule has 2 rings (SSSR count). The number of aliphatic hydroxyl groups excluding tert-OH is 2. The van der Waals surface area contributed by atoms with Gasteiger partial charge >= 0.3 is 0 Å². The number of sulfonamides is 1. The van der Waals surface area contributed by atoms with Gasteiger partial charge in [0.1, 0.15) is 11.5 Å². The molecule has 0 aromatic heterocycles. The summed E-state index contributed by atoms with van der Waals surface area (Å²) in [6.45, 7) is 2.46. The van der Waals surface area contributed by atoms with Crippen LogP contribution in [0.5, 0.6) is 11.5 Å². The van der Waals surface area contributed by atoms with Gasteiger partial charge in [-0.15, -0.1) is 0 Å². The third-order valence-corrected chi connectivity index (χ3v) is 7.71. The summed E-state index contributed by atoms with van der Waals surface area (Å²) >= 11 is 0. The molecule has 0 saturated carbocycles. The zero-order valence-corrected chi connectivity index (χ0v) is 21.1. The van der Waals surface area contributed by atoms with Crippen LogP contribution in [0.3, 0.4) is 0 Å². The third kappa shape index (κ3) is 9.00. The summed E-state index contributed by atoms with van der Waals surface area (Å²) in [6.07, 6.45) is 4.37. The second-order valence-electron chi connectivity index (χ2n) is 8.44. The number of methoxy groups -OCH3 is 2. The Morgan fingerprint density at radius 1 is 0.882 bits per heavy atom. The second-order valence-corrected chi connectivity index (χ2v) is 10.5. The fourth-order valence-corrected chi connectivity index (χ4v) is 5.15. The molecular formula is C26H37NO6S. The van der Waals surface area contributed by atoms with Gasteiger partial charge in [-0.2, -0.15) is 4.31 Å². The lowest BCUT2D eigenvalue weighted by atomic mass is 9.97. The standard InChI is InChI=1S/C26H37NO6S/c1-21(26(29)16-17-28)7-5-4-6-18-34(30,31)27(19-22-8-12-24(32-2)13-9-22)20-23-10-14-25(33-3)15-11-23/h8-17,21,26,28-29H,4-7,18-20H2,1-3H3/t21-,26?/m0/s1. The van der Waals surface area contributed by atoms with E-state index in [0.717, 1.165) is 48.2 Å². The second kappa shape index (κ2) is 14.0. The molecular weight excluding hydrogens is 454 g/mol. The Kier molecular flexibility index (Phi) is 11.4. The zero-order chi connectivity index (χ0) is 25.0. The summed E-state index contributed by atoms with van der Waals surface area (Å²) in [4.78, 5) is 0. The molecule has 188 valence electrons. The first-order chi connectivity index (χ1) is 16.3. The lowest BCUT2D eigenvalue weighted by Crippen LogP contribution is -2.32. The molecule has 2 aromatic carbocycles. The van der Waals surface area contributed by atoms with Crippen LogP contribution in [0.2, 0.25) is 0 Å². The van der Waals surface area contributed by atoms with Crippen LogP contribution in [0.25, 0.3) is 0 Å². The molecule has 2 aromatic rings. The highest BCUT2D eigenvalue weighted by Crippen LogP contribution is 2.21. The Morgan fingerprint density at radius 3 is 1.82 bits per heavy atom. The van der Waals surface area contributed by atoms with Crippen LogP contribution < -0.4 is 9.47 Å². The Labute approximate surface area is 203 Å². The third-order valence-electron chi connectivity index (χ3n) is 5.86. The van der Waals surface area contributed by atoms with Gasteiger partial charge in [0.15, 0.2) is 0 Å². The van der Waals surface area contributed by atoms with Crippen molar-refractivity contribution in [3.63, 3.8) is 0 Å². The van der Waals surface area contributed by atoms with Gasteiger partial charge in [0, 0.05) is 13.1 Å². The fraction of sp³-hybridized carbons (Fsp3) is 0.462. The van der Waals surface area contributed by atoms with Gasteiger partial charge in [0.25, 0.3) is 0 Å². The average molecular weight is 492 g/mol. The first kappa shape index (κ1) is 27.7. The van der Waals surface area contributed by atoms with Gasteiger partial charge in [-0.3, -0.25) is 0 Å². The van der Waals surface area contributed by atoms with Gasteiger partial charge in [-0.25, -0.2) is 8.42 Å². The predicted molar refractivity (Wildman–Crippen MR) is 134 cm³/mol. The minimum Gasteiger partial charge on any atom is -0.516 e. The number of hydrogen-bond donors (Lipinski definition) is 2. The van der Waals surface area contributed by atoms with E-state index in [1.807, 2.05) is 55.5 Å². The summed E-state index contributed by atoms with van der Waals surface area (Å²) in [7, 11) is -0.304. The molecule has 0 aliphatic carbocycles. The van der Waals surface area contributed by atoms with Crippen molar-refractivity contribution in [3.05, 3.63) is 72.0 Å². The minimum atomic E-state index is -3.50. The molecule has 2 N–H and O–H groups in total. The Morgan fingerprint density at radius 2 is 1.38 bits per heavy atom. The summed E-state index contributed by atoms with van der Waals surface area (Å²) in [6, 6.07) is 14.8. The normalized spacial score (nSPS) is 13.8. The molecule has 0 amide bonds. The van der Waals surface area contributed by atoms with E-state index in [1.165, 1.54) is 10.4 Å². The largest absolute Gasteiger partial charge is 0.516 e. The number of benzene rings is 2. The minimum absolute atomic E-state index is 0.00153. The lowest BCUT2D eigenvalue weighted by Gasteiger charge is -2.23. The average Bonchev–Trinajstić information content (AvgIpc) is 2.84. The van der Waals surface area contributed by atoms with Crippen molar-refractivity contribution in [3.8, 4) is 11.5 Å². The van der Waals surface area contributed by atoms with Gasteiger partial charge in [-0.05, 0) is 60.2 Å². The maximum absolute atomic E-state index is 13.3. The number of hydrogen-bond acceptors (Lipinski definition) is 6. The highest BCUT2D eigenvalue weighted by molar-refractivity contribution is 7.89. The number of aliphatic hydroxyl groups is 2. The molecule has 0 bridgehead atoms.